The summed E-state index contributed by atoms with van der Waals surface area (Å²) in [7, 11) is 0. The van der Waals surface area contributed by atoms with Crippen LogP contribution in [0.3, 0.4) is 0 Å². The van der Waals surface area contributed by atoms with E-state index in [0.717, 1.165) is 53.5 Å². The molecule has 3 aliphatic rings. The molecule has 0 radical (unpaired) electrons. The number of fused-ring (bicyclic) bond motifs is 4. The lowest BCUT2D eigenvalue weighted by atomic mass is 9.85. The van der Waals surface area contributed by atoms with Crippen LogP contribution in [0.25, 0.3) is 5.70 Å². The fraction of sp³-hybridized carbons (Fsp3) is 0.542. The van der Waals surface area contributed by atoms with Crippen LogP contribution in [0.4, 0.5) is 4.79 Å². The molecular weight excluding hydrogens is 428 g/mol. The summed E-state index contributed by atoms with van der Waals surface area (Å²) in [6.45, 7) is 12.2. The topological polar surface area (TPSA) is 41.6 Å². The zero-order chi connectivity index (χ0) is 21.2. The number of benzene rings is 1. The van der Waals surface area contributed by atoms with Gasteiger partial charge in [-0.25, -0.2) is 4.79 Å². The summed E-state index contributed by atoms with van der Waals surface area (Å²) in [6.07, 6.45) is 7.36. The number of ether oxygens (including phenoxy) is 1. The Morgan fingerprint density at radius 1 is 1.21 bits per heavy atom. The zero-order valence-electron chi connectivity index (χ0n) is 18.0. The van der Waals surface area contributed by atoms with Gasteiger partial charge in [-0.2, -0.15) is 0 Å². The van der Waals surface area contributed by atoms with E-state index in [-0.39, 0.29) is 18.2 Å². The molecule has 2 aliphatic heterocycles. The summed E-state index contributed by atoms with van der Waals surface area (Å²) in [5.41, 5.74) is 2.48. The Morgan fingerprint density at radius 2 is 1.90 bits per heavy atom. The van der Waals surface area contributed by atoms with E-state index in [1.165, 1.54) is 0 Å². The van der Waals surface area contributed by atoms with Crippen LogP contribution in [-0.2, 0) is 4.74 Å². The van der Waals surface area contributed by atoms with Crippen molar-refractivity contribution in [2.75, 3.05) is 0 Å². The molecule has 3 atom stereocenters. The van der Waals surface area contributed by atoms with E-state index in [9.17, 15) is 4.79 Å². The van der Waals surface area contributed by atoms with Gasteiger partial charge in [-0.3, -0.25) is 4.90 Å². The first-order valence-corrected chi connectivity index (χ1v) is 11.4. The average Bonchev–Trinajstić information content (AvgIpc) is 2.99. The highest BCUT2D eigenvalue weighted by Gasteiger charge is 2.45. The van der Waals surface area contributed by atoms with Gasteiger partial charge in [0.25, 0.3) is 0 Å². The SMILES string of the molecule is C=C(N/C(=C\C)c1ccc(Br)cc1)C1C2CCCC(CC2)N1C(=O)OC(C)(C)C. The van der Waals surface area contributed by atoms with E-state index >= 15 is 0 Å². The van der Waals surface area contributed by atoms with Crippen LogP contribution < -0.4 is 5.32 Å². The largest absolute Gasteiger partial charge is 0.444 e. The van der Waals surface area contributed by atoms with Crippen LogP contribution in [0.2, 0.25) is 0 Å². The van der Waals surface area contributed by atoms with Crippen molar-refractivity contribution in [1.29, 1.82) is 0 Å². The summed E-state index contributed by atoms with van der Waals surface area (Å²) in [5, 5.41) is 3.53. The highest BCUT2D eigenvalue weighted by molar-refractivity contribution is 9.10. The van der Waals surface area contributed by atoms with E-state index in [4.69, 9.17) is 4.74 Å². The number of nitrogens with one attached hydrogen (secondary N) is 1. The van der Waals surface area contributed by atoms with E-state index in [1.807, 2.05) is 44.7 Å². The second kappa shape index (κ2) is 8.95. The molecule has 2 bridgehead atoms. The van der Waals surface area contributed by atoms with Gasteiger partial charge >= 0.3 is 6.09 Å². The smallest absolute Gasteiger partial charge is 0.411 e. The van der Waals surface area contributed by atoms with Crippen LogP contribution >= 0.6 is 15.9 Å². The fourth-order valence-corrected chi connectivity index (χ4v) is 4.84. The molecule has 1 N–H and O–H groups in total. The van der Waals surface area contributed by atoms with E-state index in [0.29, 0.717) is 5.92 Å². The Morgan fingerprint density at radius 3 is 2.52 bits per heavy atom. The van der Waals surface area contributed by atoms with E-state index in [1.54, 1.807) is 0 Å². The Labute approximate surface area is 183 Å². The molecule has 5 heteroatoms. The molecule has 3 unspecified atom stereocenters. The molecule has 1 aromatic carbocycles. The molecule has 2 saturated heterocycles. The number of allylic oxidation sites excluding steroid dienone is 1. The summed E-state index contributed by atoms with van der Waals surface area (Å²) >= 11 is 3.49. The molecule has 3 fully saturated rings. The van der Waals surface area contributed by atoms with Gasteiger partial charge in [0.15, 0.2) is 0 Å². The number of hydrogen-bond donors (Lipinski definition) is 1. The molecule has 0 spiro atoms. The molecule has 4 rings (SSSR count). The second-order valence-electron chi connectivity index (χ2n) is 9.11. The maximum Gasteiger partial charge on any atom is 0.411 e. The van der Waals surface area contributed by atoms with Crippen molar-refractivity contribution in [2.24, 2.45) is 5.92 Å². The van der Waals surface area contributed by atoms with Crippen LogP contribution in [-0.4, -0.2) is 28.7 Å². The number of rotatable bonds is 4. The van der Waals surface area contributed by atoms with Crippen molar-refractivity contribution >= 4 is 27.7 Å². The lowest BCUT2D eigenvalue weighted by Gasteiger charge is -2.45. The minimum atomic E-state index is -0.506. The van der Waals surface area contributed by atoms with Gasteiger partial charge in [-0.1, -0.05) is 47.1 Å². The zero-order valence-corrected chi connectivity index (χ0v) is 19.6. The van der Waals surface area contributed by atoms with Gasteiger partial charge < -0.3 is 10.1 Å². The molecular formula is C24H33BrN2O2. The monoisotopic (exact) mass is 460 g/mol. The molecule has 1 amide bonds. The van der Waals surface area contributed by atoms with Crippen LogP contribution in [0.1, 0.15) is 65.4 Å². The van der Waals surface area contributed by atoms with Crippen molar-refractivity contribution in [1.82, 2.24) is 10.2 Å². The first kappa shape index (κ1) is 21.9. The fourth-order valence-electron chi connectivity index (χ4n) is 4.58. The Kier molecular flexibility index (Phi) is 6.77. The number of carbonyl (C=O) groups excluding carboxylic acids is 1. The third-order valence-corrected chi connectivity index (χ3v) is 6.35. The van der Waals surface area contributed by atoms with Crippen LogP contribution in [0.5, 0.6) is 0 Å². The third kappa shape index (κ3) is 5.25. The number of amides is 1. The minimum absolute atomic E-state index is 0.0449. The van der Waals surface area contributed by atoms with Crippen molar-refractivity contribution < 1.29 is 9.53 Å². The molecule has 0 aromatic heterocycles. The molecule has 1 saturated carbocycles. The van der Waals surface area contributed by atoms with Gasteiger partial charge in [0, 0.05) is 21.9 Å². The predicted molar refractivity (Wildman–Crippen MR) is 122 cm³/mol. The summed E-state index contributed by atoms with van der Waals surface area (Å²) in [6, 6.07) is 8.40. The maximum atomic E-state index is 13.1. The van der Waals surface area contributed by atoms with Crippen molar-refractivity contribution in [3.05, 3.63) is 52.7 Å². The molecule has 4 nitrogen and oxygen atoms in total. The normalized spacial score (nSPS) is 24.8. The van der Waals surface area contributed by atoms with Gasteiger partial charge in [0.2, 0.25) is 0 Å². The predicted octanol–water partition coefficient (Wildman–Crippen LogP) is 6.48. The number of nitrogens with zero attached hydrogens (tertiary/aromatic N) is 1. The number of halogens is 1. The van der Waals surface area contributed by atoms with Crippen molar-refractivity contribution in [3.8, 4) is 0 Å². The number of piperidine rings is 1. The lowest BCUT2D eigenvalue weighted by Crippen LogP contribution is -2.55. The molecule has 29 heavy (non-hydrogen) atoms. The second-order valence-corrected chi connectivity index (χ2v) is 10.0. The van der Waals surface area contributed by atoms with Gasteiger partial charge in [0.1, 0.15) is 5.60 Å². The molecule has 2 heterocycles. The maximum absolute atomic E-state index is 13.1. The minimum Gasteiger partial charge on any atom is -0.444 e. The Balaban J connectivity index is 1.85. The number of hydrogen-bond acceptors (Lipinski definition) is 3. The Bertz CT molecular complexity index is 775. The quantitative estimate of drug-likeness (QED) is 0.558. The molecule has 158 valence electrons. The van der Waals surface area contributed by atoms with Crippen LogP contribution in [0.15, 0.2) is 47.1 Å². The lowest BCUT2D eigenvalue weighted by molar-refractivity contribution is -0.00742. The van der Waals surface area contributed by atoms with Crippen molar-refractivity contribution in [2.45, 2.75) is 77.5 Å². The Hall–Kier alpha value is -1.75. The molecule has 1 aliphatic carbocycles. The average molecular weight is 461 g/mol. The van der Waals surface area contributed by atoms with Gasteiger partial charge in [0.05, 0.1) is 6.04 Å². The van der Waals surface area contributed by atoms with Gasteiger partial charge in [-0.15, -0.1) is 0 Å². The summed E-state index contributed by atoms with van der Waals surface area (Å²) in [4.78, 5) is 15.1. The summed E-state index contributed by atoms with van der Waals surface area (Å²) in [5.74, 6) is 0.421. The van der Waals surface area contributed by atoms with E-state index in [2.05, 4.69) is 46.0 Å². The first-order valence-electron chi connectivity index (χ1n) is 10.6. The van der Waals surface area contributed by atoms with Crippen LogP contribution in [0, 0.1) is 5.92 Å². The first-order chi connectivity index (χ1) is 13.7. The standard InChI is InChI=1S/C24H33BrN2O2/c1-6-21(17-10-13-19(25)14-11-17)26-16(2)22-18-8-7-9-20(15-12-18)27(22)23(28)29-24(3,4)5/h6,10-11,13-14,18,20,22,26H,2,7-9,12,15H2,1,3-5H3/b21-6-. The molecule has 1 aromatic rings. The third-order valence-electron chi connectivity index (χ3n) is 5.82. The highest BCUT2D eigenvalue weighted by Crippen LogP contribution is 2.41. The summed E-state index contributed by atoms with van der Waals surface area (Å²) < 4.78 is 6.84. The van der Waals surface area contributed by atoms with Crippen molar-refractivity contribution in [3.63, 3.8) is 0 Å². The van der Waals surface area contributed by atoms with E-state index < -0.39 is 5.60 Å². The number of carbonyl (C=O) groups is 1. The highest BCUT2D eigenvalue weighted by atomic mass is 79.9. The van der Waals surface area contributed by atoms with Gasteiger partial charge in [-0.05, 0) is 77.0 Å².